The highest BCUT2D eigenvalue weighted by atomic mass is 35.5. The van der Waals surface area contributed by atoms with Crippen LogP contribution in [0.15, 0.2) is 28.7 Å². The third-order valence-corrected chi connectivity index (χ3v) is 4.27. The number of furan rings is 1. The molecule has 0 saturated carbocycles. The highest BCUT2D eigenvalue weighted by molar-refractivity contribution is 6.30. The molecule has 5 heteroatoms. The van der Waals surface area contributed by atoms with Crippen molar-refractivity contribution in [2.24, 2.45) is 5.92 Å². The molecule has 1 aromatic carbocycles. The number of para-hydroxylation sites is 1. The van der Waals surface area contributed by atoms with Gasteiger partial charge in [-0.05, 0) is 43.6 Å². The maximum Gasteiger partial charge on any atom is 0.306 e. The number of carboxylic acids is 1. The Bertz CT molecular complexity index is 629. The number of fused-ring (bicyclic) bond motifs is 1. The molecule has 0 unspecified atom stereocenters. The predicted octanol–water partition coefficient (Wildman–Crippen LogP) is 3.38. The molecule has 1 aromatic heterocycles. The summed E-state index contributed by atoms with van der Waals surface area (Å²) in [5.41, 5.74) is 1.80. The number of likely N-dealkylation sites (tertiary alicyclic amines) is 1. The Morgan fingerprint density at radius 2 is 2.05 bits per heavy atom. The highest BCUT2D eigenvalue weighted by Gasteiger charge is 2.25. The number of nitrogens with zero attached hydrogens (tertiary/aromatic N) is 1. The summed E-state index contributed by atoms with van der Waals surface area (Å²) in [5.74, 6) is -0.890. The zero-order valence-corrected chi connectivity index (χ0v) is 11.8. The van der Waals surface area contributed by atoms with Crippen LogP contribution in [0.3, 0.4) is 0 Å². The summed E-state index contributed by atoms with van der Waals surface area (Å²) in [7, 11) is 0. The van der Waals surface area contributed by atoms with Gasteiger partial charge in [0.25, 0.3) is 0 Å². The van der Waals surface area contributed by atoms with Crippen LogP contribution in [0.5, 0.6) is 0 Å². The number of benzene rings is 1. The number of aliphatic carboxylic acids is 1. The van der Waals surface area contributed by atoms with E-state index in [4.69, 9.17) is 21.1 Å². The minimum absolute atomic E-state index is 0.206. The lowest BCUT2D eigenvalue weighted by atomic mass is 9.97. The van der Waals surface area contributed by atoms with Crippen LogP contribution in [0.25, 0.3) is 11.0 Å². The average Bonchev–Trinajstić information content (AvgIpc) is 2.76. The molecule has 0 radical (unpaired) electrons. The average molecular weight is 294 g/mol. The number of piperidine rings is 1. The minimum atomic E-state index is -0.684. The van der Waals surface area contributed by atoms with Crippen molar-refractivity contribution in [2.45, 2.75) is 19.4 Å². The smallest absolute Gasteiger partial charge is 0.306 e. The molecular weight excluding hydrogens is 278 g/mol. The summed E-state index contributed by atoms with van der Waals surface area (Å²) in [4.78, 5) is 13.2. The molecule has 1 saturated heterocycles. The van der Waals surface area contributed by atoms with Gasteiger partial charge in [-0.15, -0.1) is 0 Å². The molecule has 2 heterocycles. The van der Waals surface area contributed by atoms with Gasteiger partial charge in [0.15, 0.2) is 5.22 Å². The van der Waals surface area contributed by atoms with Crippen LogP contribution in [0.2, 0.25) is 5.22 Å². The van der Waals surface area contributed by atoms with Gasteiger partial charge in [0.05, 0.1) is 5.92 Å². The fraction of sp³-hybridized carbons (Fsp3) is 0.400. The molecule has 0 bridgehead atoms. The summed E-state index contributed by atoms with van der Waals surface area (Å²) < 4.78 is 5.54. The molecule has 0 spiro atoms. The van der Waals surface area contributed by atoms with E-state index >= 15 is 0 Å². The second-order valence-corrected chi connectivity index (χ2v) is 5.58. The molecule has 1 aliphatic rings. The van der Waals surface area contributed by atoms with Crippen LogP contribution >= 0.6 is 11.6 Å². The Morgan fingerprint density at radius 1 is 1.35 bits per heavy atom. The van der Waals surface area contributed by atoms with Gasteiger partial charge in [-0.25, -0.2) is 0 Å². The van der Waals surface area contributed by atoms with Crippen LogP contribution < -0.4 is 0 Å². The Hall–Kier alpha value is -1.52. The summed E-state index contributed by atoms with van der Waals surface area (Å²) >= 11 is 6.18. The largest absolute Gasteiger partial charge is 0.481 e. The molecule has 2 aromatic rings. The van der Waals surface area contributed by atoms with Crippen molar-refractivity contribution in [3.05, 3.63) is 35.0 Å². The first-order chi connectivity index (χ1) is 9.65. The first-order valence-electron chi connectivity index (χ1n) is 6.76. The highest BCUT2D eigenvalue weighted by Crippen LogP contribution is 2.31. The van der Waals surface area contributed by atoms with E-state index < -0.39 is 5.97 Å². The second-order valence-electron chi connectivity index (χ2n) is 5.24. The lowest BCUT2D eigenvalue weighted by Gasteiger charge is -2.29. The second kappa shape index (κ2) is 5.46. The van der Waals surface area contributed by atoms with Crippen molar-refractivity contribution < 1.29 is 14.3 Å². The van der Waals surface area contributed by atoms with Gasteiger partial charge < -0.3 is 9.52 Å². The topological polar surface area (TPSA) is 53.7 Å². The molecule has 20 heavy (non-hydrogen) atoms. The Balaban J connectivity index is 1.74. The fourth-order valence-corrected chi connectivity index (χ4v) is 3.02. The number of halogens is 1. The third kappa shape index (κ3) is 2.53. The van der Waals surface area contributed by atoms with E-state index in [1.54, 1.807) is 0 Å². The number of carbonyl (C=O) groups is 1. The monoisotopic (exact) mass is 293 g/mol. The van der Waals surface area contributed by atoms with Crippen LogP contribution in [-0.2, 0) is 11.3 Å². The normalized spacial score (nSPS) is 17.6. The summed E-state index contributed by atoms with van der Waals surface area (Å²) in [6.07, 6.45) is 1.39. The molecule has 0 atom stereocenters. The van der Waals surface area contributed by atoms with Crippen molar-refractivity contribution in [2.75, 3.05) is 13.1 Å². The van der Waals surface area contributed by atoms with Gasteiger partial charge in [0.2, 0.25) is 0 Å². The number of carboxylic acid groups (broad SMARTS) is 1. The minimum Gasteiger partial charge on any atom is -0.481 e. The van der Waals surface area contributed by atoms with Crippen molar-refractivity contribution in [3.63, 3.8) is 0 Å². The molecule has 3 rings (SSSR count). The molecule has 106 valence electrons. The lowest BCUT2D eigenvalue weighted by molar-refractivity contribution is -0.143. The standard InChI is InChI=1S/C15H16ClNO3/c16-14-12(11-3-1-2-4-13(11)20-14)9-17-7-5-10(6-8-17)15(18)19/h1-4,10H,5-9H2,(H,18,19). The maximum absolute atomic E-state index is 11.0. The number of hydrogen-bond donors (Lipinski definition) is 1. The van der Waals surface area contributed by atoms with E-state index in [9.17, 15) is 4.79 Å². The molecule has 1 N–H and O–H groups in total. The zero-order valence-electron chi connectivity index (χ0n) is 11.0. The SMILES string of the molecule is O=C(O)C1CCN(Cc2c(Cl)oc3ccccc23)CC1. The van der Waals surface area contributed by atoms with Gasteiger partial charge in [0.1, 0.15) is 5.58 Å². The predicted molar refractivity (Wildman–Crippen MR) is 76.9 cm³/mol. The van der Waals surface area contributed by atoms with Crippen LogP contribution in [0.4, 0.5) is 0 Å². The Kier molecular flexibility index (Phi) is 3.68. The van der Waals surface area contributed by atoms with Crippen molar-refractivity contribution in [1.29, 1.82) is 0 Å². The van der Waals surface area contributed by atoms with E-state index in [-0.39, 0.29) is 5.92 Å². The Morgan fingerprint density at radius 3 is 2.75 bits per heavy atom. The summed E-state index contributed by atoms with van der Waals surface area (Å²) in [6.45, 7) is 2.28. The van der Waals surface area contributed by atoms with Crippen LogP contribution in [0.1, 0.15) is 18.4 Å². The van der Waals surface area contributed by atoms with Crippen LogP contribution in [-0.4, -0.2) is 29.1 Å². The first kappa shape index (κ1) is 13.5. The Labute approximate surface area is 121 Å². The van der Waals surface area contributed by atoms with Gasteiger partial charge in [0, 0.05) is 17.5 Å². The fourth-order valence-electron chi connectivity index (χ4n) is 2.78. The molecule has 1 fully saturated rings. The van der Waals surface area contributed by atoms with E-state index in [2.05, 4.69) is 4.90 Å². The number of hydrogen-bond acceptors (Lipinski definition) is 3. The molecule has 4 nitrogen and oxygen atoms in total. The van der Waals surface area contributed by atoms with Crippen molar-refractivity contribution >= 4 is 28.5 Å². The molecule has 0 amide bonds. The van der Waals surface area contributed by atoms with Gasteiger partial charge in [-0.1, -0.05) is 18.2 Å². The van der Waals surface area contributed by atoms with E-state index in [1.165, 1.54) is 0 Å². The van der Waals surface area contributed by atoms with Crippen molar-refractivity contribution in [3.8, 4) is 0 Å². The number of rotatable bonds is 3. The van der Waals surface area contributed by atoms with E-state index in [0.29, 0.717) is 24.6 Å². The molecule has 1 aliphatic heterocycles. The summed E-state index contributed by atoms with van der Waals surface area (Å²) in [6, 6.07) is 7.80. The van der Waals surface area contributed by atoms with Crippen LogP contribution in [0, 0.1) is 5.92 Å². The lowest BCUT2D eigenvalue weighted by Crippen LogP contribution is -2.35. The quantitative estimate of drug-likeness (QED) is 0.942. The zero-order chi connectivity index (χ0) is 14.1. The third-order valence-electron chi connectivity index (χ3n) is 3.97. The molecule has 0 aliphatic carbocycles. The van der Waals surface area contributed by atoms with Gasteiger partial charge in [-0.2, -0.15) is 0 Å². The van der Waals surface area contributed by atoms with Crippen molar-refractivity contribution in [1.82, 2.24) is 4.90 Å². The van der Waals surface area contributed by atoms with E-state index in [0.717, 1.165) is 29.6 Å². The van der Waals surface area contributed by atoms with Gasteiger partial charge in [-0.3, -0.25) is 9.69 Å². The van der Waals surface area contributed by atoms with Gasteiger partial charge >= 0.3 is 5.97 Å². The summed E-state index contributed by atoms with van der Waals surface area (Å²) in [5, 5.41) is 10.5. The van der Waals surface area contributed by atoms with E-state index in [1.807, 2.05) is 24.3 Å². The first-order valence-corrected chi connectivity index (χ1v) is 7.14. The maximum atomic E-state index is 11.0. The molecular formula is C15H16ClNO3.